The van der Waals surface area contributed by atoms with E-state index in [9.17, 15) is 9.90 Å². The number of aromatic amines is 1. The van der Waals surface area contributed by atoms with Crippen LogP contribution in [0.15, 0.2) is 66.7 Å². The van der Waals surface area contributed by atoms with Crippen molar-refractivity contribution in [3.8, 4) is 16.9 Å². The van der Waals surface area contributed by atoms with Crippen molar-refractivity contribution in [2.45, 2.75) is 13.0 Å². The molecule has 0 aliphatic carbocycles. The molecular formula is C24H23N3O3. The summed E-state index contributed by atoms with van der Waals surface area (Å²) < 4.78 is 5.24. The molecule has 6 nitrogen and oxygen atoms in total. The molecule has 0 spiro atoms. The van der Waals surface area contributed by atoms with Crippen molar-refractivity contribution in [2.75, 3.05) is 13.7 Å². The lowest BCUT2D eigenvalue weighted by molar-refractivity contribution is 0.0916. The van der Waals surface area contributed by atoms with Crippen LogP contribution < -0.4 is 10.1 Å². The van der Waals surface area contributed by atoms with Crippen LogP contribution in [-0.2, 0) is 0 Å². The lowest BCUT2D eigenvalue weighted by Gasteiger charge is -2.18. The van der Waals surface area contributed by atoms with E-state index in [1.54, 1.807) is 19.2 Å². The first-order valence-electron chi connectivity index (χ1n) is 9.70. The van der Waals surface area contributed by atoms with E-state index in [-0.39, 0.29) is 12.5 Å². The third-order valence-electron chi connectivity index (χ3n) is 5.20. The Labute approximate surface area is 174 Å². The van der Waals surface area contributed by atoms with Crippen molar-refractivity contribution >= 4 is 16.8 Å². The smallest absolute Gasteiger partial charge is 0.251 e. The molecule has 30 heavy (non-hydrogen) atoms. The first kappa shape index (κ1) is 19.7. The molecule has 3 N–H and O–H groups in total. The predicted octanol–water partition coefficient (Wildman–Crippen LogP) is 4.01. The van der Waals surface area contributed by atoms with Gasteiger partial charge in [-0.3, -0.25) is 9.89 Å². The van der Waals surface area contributed by atoms with E-state index in [1.807, 2.05) is 55.5 Å². The van der Waals surface area contributed by atoms with Crippen molar-refractivity contribution in [1.29, 1.82) is 0 Å². The molecule has 3 aromatic carbocycles. The summed E-state index contributed by atoms with van der Waals surface area (Å²) in [6, 6.07) is 20.3. The summed E-state index contributed by atoms with van der Waals surface area (Å²) >= 11 is 0. The third kappa shape index (κ3) is 3.90. The van der Waals surface area contributed by atoms with E-state index in [0.29, 0.717) is 11.3 Å². The topological polar surface area (TPSA) is 87.2 Å². The molecular weight excluding hydrogens is 378 g/mol. The van der Waals surface area contributed by atoms with Crippen LogP contribution in [0.5, 0.6) is 5.75 Å². The first-order chi connectivity index (χ1) is 14.6. The number of aliphatic hydroxyl groups is 1. The van der Waals surface area contributed by atoms with Crippen molar-refractivity contribution < 1.29 is 14.6 Å². The molecule has 1 heterocycles. The largest absolute Gasteiger partial charge is 0.497 e. The van der Waals surface area contributed by atoms with Gasteiger partial charge in [0.2, 0.25) is 0 Å². The molecule has 152 valence electrons. The summed E-state index contributed by atoms with van der Waals surface area (Å²) in [4.78, 5) is 12.9. The second-order valence-corrected chi connectivity index (χ2v) is 7.14. The quantitative estimate of drug-likeness (QED) is 0.456. The number of hydrogen-bond donors (Lipinski definition) is 3. The van der Waals surface area contributed by atoms with Gasteiger partial charge < -0.3 is 15.2 Å². The highest BCUT2D eigenvalue weighted by molar-refractivity contribution is 5.96. The number of nitrogens with zero attached hydrogens (tertiary/aromatic N) is 1. The Morgan fingerprint density at radius 1 is 1.10 bits per heavy atom. The number of aromatic nitrogens is 2. The molecule has 0 aliphatic heterocycles. The van der Waals surface area contributed by atoms with Crippen molar-refractivity contribution in [3.63, 3.8) is 0 Å². The van der Waals surface area contributed by atoms with E-state index in [1.165, 1.54) is 0 Å². The van der Waals surface area contributed by atoms with Crippen molar-refractivity contribution in [3.05, 3.63) is 83.6 Å². The van der Waals surface area contributed by atoms with Crippen LogP contribution >= 0.6 is 0 Å². The minimum absolute atomic E-state index is 0.213. The van der Waals surface area contributed by atoms with Crippen LogP contribution in [0.25, 0.3) is 22.0 Å². The Balaban J connectivity index is 1.59. The number of benzene rings is 3. The van der Waals surface area contributed by atoms with Gasteiger partial charge in [0.05, 0.1) is 31.0 Å². The van der Waals surface area contributed by atoms with Gasteiger partial charge in [0, 0.05) is 10.9 Å². The summed E-state index contributed by atoms with van der Waals surface area (Å²) in [5.74, 6) is 0.423. The number of rotatable bonds is 6. The second kappa shape index (κ2) is 8.39. The van der Waals surface area contributed by atoms with Gasteiger partial charge >= 0.3 is 0 Å². The summed E-state index contributed by atoms with van der Waals surface area (Å²) in [7, 11) is 1.58. The zero-order valence-corrected chi connectivity index (χ0v) is 16.8. The fourth-order valence-electron chi connectivity index (χ4n) is 3.50. The molecule has 1 atom stereocenters. The highest BCUT2D eigenvalue weighted by atomic mass is 16.5. The Kier molecular flexibility index (Phi) is 5.50. The van der Waals surface area contributed by atoms with E-state index >= 15 is 0 Å². The predicted molar refractivity (Wildman–Crippen MR) is 117 cm³/mol. The fourth-order valence-corrected chi connectivity index (χ4v) is 3.50. The highest BCUT2D eigenvalue weighted by Gasteiger charge is 2.16. The van der Waals surface area contributed by atoms with E-state index < -0.39 is 6.04 Å². The van der Waals surface area contributed by atoms with Gasteiger partial charge in [0.15, 0.2) is 0 Å². The minimum atomic E-state index is -0.527. The normalized spacial score (nSPS) is 12.0. The van der Waals surface area contributed by atoms with Crippen LogP contribution in [-0.4, -0.2) is 34.9 Å². The SMILES string of the molecule is COc1cccc(C(CO)NC(=O)c2cccc(-c3ccc4[nH]nc(C)c4c3)c2)c1. The molecule has 4 rings (SSSR count). The molecule has 1 amide bonds. The number of ether oxygens (including phenoxy) is 1. The number of nitrogens with one attached hydrogen (secondary N) is 2. The Bertz CT molecular complexity index is 1200. The maximum atomic E-state index is 12.9. The molecule has 6 heteroatoms. The number of carbonyl (C=O) groups is 1. The summed E-state index contributed by atoms with van der Waals surface area (Å²) in [6.45, 7) is 1.75. The number of aliphatic hydroxyl groups excluding tert-OH is 1. The monoisotopic (exact) mass is 401 g/mol. The van der Waals surface area contributed by atoms with Gasteiger partial charge in [0.25, 0.3) is 5.91 Å². The number of hydrogen-bond acceptors (Lipinski definition) is 4. The van der Waals surface area contributed by atoms with E-state index in [0.717, 1.165) is 33.3 Å². The zero-order valence-electron chi connectivity index (χ0n) is 16.8. The Morgan fingerprint density at radius 3 is 2.70 bits per heavy atom. The summed E-state index contributed by atoms with van der Waals surface area (Å²) in [5, 5.41) is 21.0. The zero-order chi connectivity index (χ0) is 21.1. The molecule has 0 saturated carbocycles. The maximum Gasteiger partial charge on any atom is 0.251 e. The molecule has 1 aromatic heterocycles. The van der Waals surface area contributed by atoms with Crippen LogP contribution in [0.1, 0.15) is 27.7 Å². The van der Waals surface area contributed by atoms with Gasteiger partial charge in [0.1, 0.15) is 5.75 Å². The maximum absolute atomic E-state index is 12.9. The second-order valence-electron chi connectivity index (χ2n) is 7.14. The number of amides is 1. The van der Waals surface area contributed by atoms with Gasteiger partial charge in [-0.25, -0.2) is 0 Å². The number of aryl methyl sites for hydroxylation is 1. The lowest BCUT2D eigenvalue weighted by Crippen LogP contribution is -2.30. The van der Waals surface area contributed by atoms with Crippen LogP contribution in [0.4, 0.5) is 0 Å². The Morgan fingerprint density at radius 2 is 1.90 bits per heavy atom. The minimum Gasteiger partial charge on any atom is -0.497 e. The van der Waals surface area contributed by atoms with E-state index in [4.69, 9.17) is 4.74 Å². The standard InChI is InChI=1S/C24H23N3O3/c1-15-21-13-17(9-10-22(21)27-26-15)16-5-3-7-19(11-16)24(29)25-23(14-28)18-6-4-8-20(12-18)30-2/h3-13,23,28H,14H2,1-2H3,(H,25,29)(H,26,27). The fraction of sp³-hybridized carbons (Fsp3) is 0.167. The van der Waals surface area contributed by atoms with E-state index in [2.05, 4.69) is 21.6 Å². The average Bonchev–Trinajstić information content (AvgIpc) is 3.17. The third-order valence-corrected chi connectivity index (χ3v) is 5.20. The summed E-state index contributed by atoms with van der Waals surface area (Å²) in [5.41, 5.74) is 5.17. The number of H-pyrrole nitrogens is 1. The molecule has 4 aromatic rings. The molecule has 0 bridgehead atoms. The van der Waals surface area contributed by atoms with Gasteiger partial charge in [-0.15, -0.1) is 0 Å². The summed E-state index contributed by atoms with van der Waals surface area (Å²) in [6.07, 6.45) is 0. The van der Waals surface area contributed by atoms with Crippen LogP contribution in [0.2, 0.25) is 0 Å². The number of carbonyl (C=O) groups excluding carboxylic acids is 1. The molecule has 0 aliphatic rings. The number of methoxy groups -OCH3 is 1. The Hall–Kier alpha value is -3.64. The molecule has 0 radical (unpaired) electrons. The molecule has 0 fully saturated rings. The molecule has 1 unspecified atom stereocenters. The number of fused-ring (bicyclic) bond motifs is 1. The first-order valence-corrected chi connectivity index (χ1v) is 9.70. The molecule has 0 saturated heterocycles. The van der Waals surface area contributed by atoms with Crippen molar-refractivity contribution in [2.24, 2.45) is 0 Å². The average molecular weight is 401 g/mol. The van der Waals surface area contributed by atoms with Gasteiger partial charge in [-0.1, -0.05) is 30.3 Å². The highest BCUT2D eigenvalue weighted by Crippen LogP contribution is 2.26. The lowest BCUT2D eigenvalue weighted by atomic mass is 10.0. The van der Waals surface area contributed by atoms with Crippen molar-refractivity contribution in [1.82, 2.24) is 15.5 Å². The van der Waals surface area contributed by atoms with Crippen LogP contribution in [0.3, 0.4) is 0 Å². The van der Waals surface area contributed by atoms with Gasteiger partial charge in [-0.2, -0.15) is 5.10 Å². The van der Waals surface area contributed by atoms with Gasteiger partial charge in [-0.05, 0) is 60.0 Å². The van der Waals surface area contributed by atoms with Crippen LogP contribution in [0, 0.1) is 6.92 Å².